The van der Waals surface area contributed by atoms with Crippen molar-refractivity contribution in [3.05, 3.63) is 97.1 Å². The zero-order chi connectivity index (χ0) is 18.5. The van der Waals surface area contributed by atoms with E-state index in [1.165, 1.54) is 32.3 Å². The van der Waals surface area contributed by atoms with Gasteiger partial charge in [0.15, 0.2) is 0 Å². The fraction of sp³-hybridized carbons (Fsp3) is 0. The molecule has 0 unspecified atom stereocenters. The molecule has 0 spiro atoms. The van der Waals surface area contributed by atoms with Gasteiger partial charge in [-0.25, -0.2) is 0 Å². The van der Waals surface area contributed by atoms with Crippen LogP contribution in [-0.4, -0.2) is 0 Å². The Bertz CT molecular complexity index is 1480. The van der Waals surface area contributed by atoms with Crippen molar-refractivity contribution in [3.8, 4) is 0 Å². The molecule has 0 saturated heterocycles. The van der Waals surface area contributed by atoms with E-state index < -0.39 is 0 Å². The second-order valence-corrected chi connectivity index (χ2v) is 7.10. The summed E-state index contributed by atoms with van der Waals surface area (Å²) in [4.78, 5) is 0. The molecule has 2 heteroatoms. The van der Waals surface area contributed by atoms with Gasteiger partial charge >= 0.3 is 0 Å². The summed E-state index contributed by atoms with van der Waals surface area (Å²) in [6.07, 6.45) is 0. The molecule has 2 nitrogen and oxygen atoms in total. The fourth-order valence-corrected chi connectivity index (χ4v) is 4.18. The lowest BCUT2D eigenvalue weighted by molar-refractivity contribution is 0.669. The van der Waals surface area contributed by atoms with Gasteiger partial charge < -0.3 is 9.73 Å². The molecule has 28 heavy (non-hydrogen) atoms. The number of anilines is 2. The van der Waals surface area contributed by atoms with Gasteiger partial charge in [0.1, 0.15) is 11.2 Å². The van der Waals surface area contributed by atoms with Crippen molar-refractivity contribution >= 4 is 54.9 Å². The topological polar surface area (TPSA) is 25.2 Å². The number of hydrogen-bond acceptors (Lipinski definition) is 2. The number of nitrogens with one attached hydrogen (secondary N) is 1. The molecule has 0 aliphatic carbocycles. The highest BCUT2D eigenvalue weighted by atomic mass is 16.3. The largest absolute Gasteiger partial charge is 0.456 e. The number of rotatable bonds is 2. The van der Waals surface area contributed by atoms with Crippen LogP contribution in [0.1, 0.15) is 0 Å². The fourth-order valence-electron chi connectivity index (χ4n) is 4.18. The Hall–Kier alpha value is -3.78. The molecule has 132 valence electrons. The molecule has 0 saturated carbocycles. The molecule has 0 atom stereocenters. The third kappa shape index (κ3) is 2.21. The quantitative estimate of drug-likeness (QED) is 0.344. The summed E-state index contributed by atoms with van der Waals surface area (Å²) < 4.78 is 6.31. The van der Waals surface area contributed by atoms with E-state index in [0.717, 1.165) is 22.5 Å². The lowest BCUT2D eigenvalue weighted by atomic mass is 9.98. The van der Waals surface area contributed by atoms with Gasteiger partial charge in [0, 0.05) is 27.9 Å². The van der Waals surface area contributed by atoms with E-state index in [1.54, 1.807) is 0 Å². The van der Waals surface area contributed by atoms with E-state index in [9.17, 15) is 0 Å². The van der Waals surface area contributed by atoms with Gasteiger partial charge in [-0.2, -0.15) is 0 Å². The normalized spacial score (nSPS) is 11.6. The highest BCUT2D eigenvalue weighted by molar-refractivity contribution is 6.28. The molecule has 6 rings (SSSR count). The molecule has 0 fully saturated rings. The maximum absolute atomic E-state index is 6.31. The molecule has 0 radical (unpaired) electrons. The Balaban J connectivity index is 1.74. The summed E-state index contributed by atoms with van der Waals surface area (Å²) >= 11 is 0. The van der Waals surface area contributed by atoms with Crippen molar-refractivity contribution in [2.75, 3.05) is 5.32 Å². The van der Waals surface area contributed by atoms with E-state index in [0.29, 0.717) is 0 Å². The van der Waals surface area contributed by atoms with E-state index in [1.807, 2.05) is 18.2 Å². The smallest absolute Gasteiger partial charge is 0.138 e. The number of para-hydroxylation sites is 1. The molecule has 0 bridgehead atoms. The van der Waals surface area contributed by atoms with Crippen LogP contribution in [0.3, 0.4) is 0 Å². The van der Waals surface area contributed by atoms with Crippen LogP contribution in [0.25, 0.3) is 43.5 Å². The first kappa shape index (κ1) is 15.3. The molecule has 0 aliphatic heterocycles. The van der Waals surface area contributed by atoms with Crippen LogP contribution >= 0.6 is 0 Å². The maximum atomic E-state index is 6.31. The number of furan rings is 1. The third-order valence-corrected chi connectivity index (χ3v) is 5.42. The molecule has 6 aromatic rings. The van der Waals surface area contributed by atoms with E-state index >= 15 is 0 Å². The zero-order valence-corrected chi connectivity index (χ0v) is 15.1. The Morgan fingerprint density at radius 2 is 1.21 bits per heavy atom. The van der Waals surface area contributed by atoms with Crippen molar-refractivity contribution in [1.29, 1.82) is 0 Å². The van der Waals surface area contributed by atoms with Crippen LogP contribution < -0.4 is 5.32 Å². The predicted molar refractivity (Wildman–Crippen MR) is 118 cm³/mol. The summed E-state index contributed by atoms with van der Waals surface area (Å²) in [5.41, 5.74) is 3.95. The van der Waals surface area contributed by atoms with Crippen molar-refractivity contribution in [3.63, 3.8) is 0 Å². The van der Waals surface area contributed by atoms with Gasteiger partial charge in [-0.3, -0.25) is 0 Å². The second kappa shape index (κ2) is 5.86. The summed E-state index contributed by atoms with van der Waals surface area (Å²) in [5, 5.41) is 10.8. The Labute approximate surface area is 162 Å². The Morgan fingerprint density at radius 3 is 2.07 bits per heavy atom. The van der Waals surface area contributed by atoms with Crippen LogP contribution in [0.15, 0.2) is 101 Å². The minimum atomic E-state index is 0.906. The first-order valence-corrected chi connectivity index (χ1v) is 9.46. The van der Waals surface area contributed by atoms with Crippen LogP contribution in [-0.2, 0) is 0 Å². The zero-order valence-electron chi connectivity index (χ0n) is 15.1. The van der Waals surface area contributed by atoms with Gasteiger partial charge in [0.2, 0.25) is 0 Å². The van der Waals surface area contributed by atoms with Gasteiger partial charge in [-0.15, -0.1) is 0 Å². The van der Waals surface area contributed by atoms with Crippen LogP contribution in [0.4, 0.5) is 11.4 Å². The van der Waals surface area contributed by atoms with Gasteiger partial charge in [-0.1, -0.05) is 72.8 Å². The Morgan fingerprint density at radius 1 is 0.536 bits per heavy atom. The molecule has 0 aliphatic rings. The average molecular weight is 359 g/mol. The summed E-state index contributed by atoms with van der Waals surface area (Å²) in [6.45, 7) is 0. The first-order chi connectivity index (χ1) is 13.9. The molecule has 1 N–H and O–H groups in total. The summed E-state index contributed by atoms with van der Waals surface area (Å²) in [6, 6.07) is 33.6. The lowest BCUT2D eigenvalue weighted by Gasteiger charge is -2.11. The minimum absolute atomic E-state index is 0.906. The van der Waals surface area contributed by atoms with Crippen LogP contribution in [0.5, 0.6) is 0 Å². The summed E-state index contributed by atoms with van der Waals surface area (Å²) in [5.74, 6) is 0. The molecule has 1 aromatic heterocycles. The molecule has 1 heterocycles. The maximum Gasteiger partial charge on any atom is 0.138 e. The molecular formula is C26H17NO. The molecule has 0 amide bonds. The highest BCUT2D eigenvalue weighted by Crippen LogP contribution is 2.41. The van der Waals surface area contributed by atoms with Crippen LogP contribution in [0, 0.1) is 0 Å². The van der Waals surface area contributed by atoms with Crippen molar-refractivity contribution in [2.24, 2.45) is 0 Å². The Kier molecular flexibility index (Phi) is 3.20. The van der Waals surface area contributed by atoms with Crippen molar-refractivity contribution < 1.29 is 4.42 Å². The van der Waals surface area contributed by atoms with Crippen LogP contribution in [0.2, 0.25) is 0 Å². The SMILES string of the molecule is c1ccc(Nc2cc3oc4ccc5ccccc5c4c3c3ccccc23)cc1. The number of benzene rings is 5. The lowest BCUT2D eigenvalue weighted by Crippen LogP contribution is -1.91. The summed E-state index contributed by atoms with van der Waals surface area (Å²) in [7, 11) is 0. The third-order valence-electron chi connectivity index (χ3n) is 5.42. The first-order valence-electron chi connectivity index (χ1n) is 9.46. The van der Waals surface area contributed by atoms with Gasteiger partial charge in [-0.05, 0) is 34.4 Å². The highest BCUT2D eigenvalue weighted by Gasteiger charge is 2.15. The monoisotopic (exact) mass is 359 g/mol. The predicted octanol–water partition coefficient (Wildman–Crippen LogP) is 7.64. The standard InChI is InChI=1S/C26H17NO/c1-2-9-18(10-3-1)27-22-16-24-26(21-13-7-6-12-20(21)22)25-19-11-5-4-8-17(19)14-15-23(25)28-24/h1-16,27H. The average Bonchev–Trinajstić information content (AvgIpc) is 3.14. The van der Waals surface area contributed by atoms with E-state index in [2.05, 4.69) is 84.2 Å². The van der Waals surface area contributed by atoms with Crippen molar-refractivity contribution in [2.45, 2.75) is 0 Å². The number of hydrogen-bond donors (Lipinski definition) is 1. The number of fused-ring (bicyclic) bond motifs is 7. The molecule has 5 aromatic carbocycles. The second-order valence-electron chi connectivity index (χ2n) is 7.10. The van der Waals surface area contributed by atoms with Crippen molar-refractivity contribution in [1.82, 2.24) is 0 Å². The van der Waals surface area contributed by atoms with Gasteiger partial charge in [0.05, 0.1) is 5.69 Å². The van der Waals surface area contributed by atoms with E-state index in [4.69, 9.17) is 4.42 Å². The van der Waals surface area contributed by atoms with E-state index in [-0.39, 0.29) is 0 Å². The van der Waals surface area contributed by atoms with Gasteiger partial charge in [0.25, 0.3) is 0 Å². The minimum Gasteiger partial charge on any atom is -0.456 e. The molecular weight excluding hydrogens is 342 g/mol.